The van der Waals surface area contributed by atoms with E-state index in [1.807, 2.05) is 32.5 Å². The van der Waals surface area contributed by atoms with Crippen molar-refractivity contribution in [2.24, 2.45) is 10.9 Å². The first-order valence-electron chi connectivity index (χ1n) is 9.19. The van der Waals surface area contributed by atoms with Crippen molar-refractivity contribution < 1.29 is 4.74 Å². The van der Waals surface area contributed by atoms with Crippen molar-refractivity contribution >= 4 is 29.2 Å². The van der Waals surface area contributed by atoms with Gasteiger partial charge < -0.3 is 15.4 Å². The fourth-order valence-corrected chi connectivity index (χ4v) is 3.03. The average molecular weight is 377 g/mol. The Balaban J connectivity index is 2.00. The Morgan fingerprint density at radius 2 is 2.19 bits per heavy atom. The number of allylic oxidation sites excluding steroid dienone is 3. The number of ether oxygens (including phenoxy) is 1. The molecule has 0 bridgehead atoms. The topological polar surface area (TPSA) is 58.5 Å². The summed E-state index contributed by atoms with van der Waals surface area (Å²) in [6, 6.07) is 1.93. The standard InChI is InChI=1S/C20H29ClN4O/c1-4-5-17(24-12-16-6-8-26-9-7-16)13-23-11-15(2)18-10-20(22-3)25-14-19(18)21/h5,10-11,13-14,16,24H,4,6-9,12H2,1-3H3,(H,22,25)/b15-11+,17-5-,23-13+. The van der Waals surface area contributed by atoms with Gasteiger partial charge in [0.1, 0.15) is 5.82 Å². The fourth-order valence-electron chi connectivity index (χ4n) is 2.78. The highest BCUT2D eigenvalue weighted by Crippen LogP contribution is 2.25. The third-order valence-electron chi connectivity index (χ3n) is 4.38. The molecule has 0 unspecified atom stereocenters. The molecule has 1 aliphatic heterocycles. The molecule has 1 saturated heterocycles. The lowest BCUT2D eigenvalue weighted by Crippen LogP contribution is -2.27. The van der Waals surface area contributed by atoms with Crippen LogP contribution in [0.3, 0.4) is 0 Å². The zero-order valence-electron chi connectivity index (χ0n) is 15.9. The zero-order valence-corrected chi connectivity index (χ0v) is 16.6. The van der Waals surface area contributed by atoms with E-state index in [1.54, 1.807) is 6.20 Å². The van der Waals surface area contributed by atoms with Gasteiger partial charge in [0, 0.05) is 56.7 Å². The van der Waals surface area contributed by atoms with Crippen LogP contribution in [0.2, 0.25) is 5.02 Å². The van der Waals surface area contributed by atoms with Gasteiger partial charge in [-0.25, -0.2) is 4.98 Å². The van der Waals surface area contributed by atoms with Gasteiger partial charge in [-0.3, -0.25) is 4.99 Å². The molecular formula is C20H29ClN4O. The molecule has 142 valence electrons. The van der Waals surface area contributed by atoms with E-state index in [2.05, 4.69) is 33.6 Å². The van der Waals surface area contributed by atoms with Crippen molar-refractivity contribution in [3.63, 3.8) is 0 Å². The molecule has 5 nitrogen and oxygen atoms in total. The number of nitrogens with one attached hydrogen (secondary N) is 2. The van der Waals surface area contributed by atoms with Gasteiger partial charge in [0.25, 0.3) is 0 Å². The molecule has 2 rings (SSSR count). The van der Waals surface area contributed by atoms with E-state index in [1.165, 1.54) is 0 Å². The van der Waals surface area contributed by atoms with Crippen LogP contribution >= 0.6 is 11.6 Å². The summed E-state index contributed by atoms with van der Waals surface area (Å²) < 4.78 is 5.42. The number of aliphatic imine (C=N–C) groups is 1. The highest BCUT2D eigenvalue weighted by atomic mass is 35.5. The van der Waals surface area contributed by atoms with E-state index >= 15 is 0 Å². The summed E-state index contributed by atoms with van der Waals surface area (Å²) in [7, 11) is 1.84. The van der Waals surface area contributed by atoms with Crippen LogP contribution in [-0.4, -0.2) is 38.0 Å². The number of hydrogen-bond acceptors (Lipinski definition) is 5. The smallest absolute Gasteiger partial charge is 0.126 e. The Bertz CT molecular complexity index is 664. The molecule has 6 heteroatoms. The summed E-state index contributed by atoms with van der Waals surface area (Å²) in [6.07, 6.45) is 10.7. The first-order valence-corrected chi connectivity index (χ1v) is 9.57. The van der Waals surface area contributed by atoms with Crippen LogP contribution in [0.1, 0.15) is 38.7 Å². The van der Waals surface area contributed by atoms with E-state index < -0.39 is 0 Å². The van der Waals surface area contributed by atoms with Crippen molar-refractivity contribution in [2.75, 3.05) is 32.1 Å². The Kier molecular flexibility index (Phi) is 8.65. The third kappa shape index (κ3) is 6.46. The molecule has 1 aromatic heterocycles. The summed E-state index contributed by atoms with van der Waals surface area (Å²) in [6.45, 7) is 6.83. The molecule has 1 aliphatic rings. The second-order valence-corrected chi connectivity index (χ2v) is 6.80. The highest BCUT2D eigenvalue weighted by Gasteiger charge is 2.13. The molecule has 0 spiro atoms. The minimum absolute atomic E-state index is 0.620. The Morgan fingerprint density at radius 3 is 2.88 bits per heavy atom. The van der Waals surface area contributed by atoms with Crippen LogP contribution in [0, 0.1) is 5.92 Å². The SMILES string of the molecule is CC/C=C(/C=N/C=C(\C)c1cc(NC)ncc1Cl)NCC1CCOCC1. The molecular weight excluding hydrogens is 348 g/mol. The molecule has 1 fully saturated rings. The Hall–Kier alpha value is -1.85. The average Bonchev–Trinajstić information content (AvgIpc) is 2.67. The largest absolute Gasteiger partial charge is 0.384 e. The van der Waals surface area contributed by atoms with E-state index in [-0.39, 0.29) is 0 Å². The highest BCUT2D eigenvalue weighted by molar-refractivity contribution is 6.32. The van der Waals surface area contributed by atoms with Crippen LogP contribution < -0.4 is 10.6 Å². The normalized spacial score (nSPS) is 16.9. The van der Waals surface area contributed by atoms with Gasteiger partial charge in [0.15, 0.2) is 0 Å². The quantitative estimate of drug-likeness (QED) is 0.655. The number of anilines is 1. The molecule has 0 radical (unpaired) electrons. The van der Waals surface area contributed by atoms with Crippen molar-refractivity contribution in [1.29, 1.82) is 0 Å². The van der Waals surface area contributed by atoms with Gasteiger partial charge in [-0.1, -0.05) is 24.6 Å². The summed E-state index contributed by atoms with van der Waals surface area (Å²) in [5.74, 6) is 1.45. The Labute approximate surface area is 161 Å². The van der Waals surface area contributed by atoms with Crippen LogP contribution in [-0.2, 0) is 4.74 Å². The molecule has 1 aromatic rings. The molecule has 0 aliphatic carbocycles. The number of aromatic nitrogens is 1. The predicted molar refractivity (Wildman–Crippen MR) is 111 cm³/mol. The first kappa shape index (κ1) is 20.5. The van der Waals surface area contributed by atoms with Gasteiger partial charge in [-0.15, -0.1) is 0 Å². The van der Waals surface area contributed by atoms with E-state index in [9.17, 15) is 0 Å². The van der Waals surface area contributed by atoms with E-state index in [4.69, 9.17) is 16.3 Å². The zero-order chi connectivity index (χ0) is 18.8. The minimum Gasteiger partial charge on any atom is -0.384 e. The van der Waals surface area contributed by atoms with Gasteiger partial charge in [0.2, 0.25) is 0 Å². The number of hydrogen-bond donors (Lipinski definition) is 2. The van der Waals surface area contributed by atoms with Crippen molar-refractivity contribution in [3.8, 4) is 0 Å². The molecule has 26 heavy (non-hydrogen) atoms. The number of halogens is 1. The lowest BCUT2D eigenvalue weighted by Gasteiger charge is -2.22. The van der Waals surface area contributed by atoms with Crippen molar-refractivity contribution in [2.45, 2.75) is 33.1 Å². The summed E-state index contributed by atoms with van der Waals surface area (Å²) >= 11 is 6.26. The van der Waals surface area contributed by atoms with E-state index in [0.717, 1.165) is 61.7 Å². The van der Waals surface area contributed by atoms with Crippen LogP contribution in [0.15, 0.2) is 35.2 Å². The van der Waals surface area contributed by atoms with Crippen LogP contribution in [0.4, 0.5) is 5.82 Å². The maximum Gasteiger partial charge on any atom is 0.126 e. The predicted octanol–water partition coefficient (Wildman–Crippen LogP) is 4.52. The summed E-state index contributed by atoms with van der Waals surface area (Å²) in [5, 5.41) is 7.16. The fraction of sp³-hybridized carbons (Fsp3) is 0.500. The second kappa shape index (κ2) is 11.0. The van der Waals surface area contributed by atoms with Crippen molar-refractivity contribution in [1.82, 2.24) is 10.3 Å². The number of nitrogens with zero attached hydrogens (tertiary/aromatic N) is 2. The van der Waals surface area contributed by atoms with Gasteiger partial charge in [-0.05, 0) is 43.7 Å². The first-order chi connectivity index (χ1) is 12.6. The molecule has 0 amide bonds. The Morgan fingerprint density at radius 1 is 1.42 bits per heavy atom. The number of pyridine rings is 1. The maximum atomic E-state index is 6.26. The summed E-state index contributed by atoms with van der Waals surface area (Å²) in [5.41, 5.74) is 2.98. The molecule has 0 atom stereocenters. The molecule has 2 N–H and O–H groups in total. The van der Waals surface area contributed by atoms with Gasteiger partial charge >= 0.3 is 0 Å². The monoisotopic (exact) mass is 376 g/mol. The molecule has 0 saturated carbocycles. The lowest BCUT2D eigenvalue weighted by atomic mass is 10.0. The summed E-state index contributed by atoms with van der Waals surface area (Å²) in [4.78, 5) is 8.69. The lowest BCUT2D eigenvalue weighted by molar-refractivity contribution is 0.0671. The van der Waals surface area contributed by atoms with E-state index in [0.29, 0.717) is 10.9 Å². The molecule has 0 aromatic carbocycles. The minimum atomic E-state index is 0.620. The van der Waals surface area contributed by atoms with Gasteiger partial charge in [-0.2, -0.15) is 0 Å². The third-order valence-corrected chi connectivity index (χ3v) is 4.68. The van der Waals surface area contributed by atoms with Crippen LogP contribution in [0.25, 0.3) is 5.57 Å². The van der Waals surface area contributed by atoms with Crippen molar-refractivity contribution in [3.05, 3.63) is 40.8 Å². The van der Waals surface area contributed by atoms with Crippen LogP contribution in [0.5, 0.6) is 0 Å². The number of rotatable bonds is 8. The van der Waals surface area contributed by atoms with Gasteiger partial charge in [0.05, 0.1) is 5.02 Å². The molecule has 2 heterocycles. The second-order valence-electron chi connectivity index (χ2n) is 6.39. The maximum absolute atomic E-state index is 6.26.